The maximum absolute atomic E-state index is 12.6. The molecule has 0 aliphatic carbocycles. The number of aromatic nitrogens is 1. The summed E-state index contributed by atoms with van der Waals surface area (Å²) in [5, 5.41) is 0.857. The standard InChI is InChI=1S/C19H13BrN2O2S2/c20-14-8-10-16(11-9-14)26(23,24)22-15-5-3-4-13(12-15)19-21-17-6-1-2-7-18(17)25-19/h1-12,22H. The predicted molar refractivity (Wildman–Crippen MR) is 110 cm³/mol. The molecule has 130 valence electrons. The van der Waals surface area contributed by atoms with Crippen LogP contribution < -0.4 is 4.72 Å². The van der Waals surface area contributed by atoms with Crippen molar-refractivity contribution in [2.75, 3.05) is 4.72 Å². The van der Waals surface area contributed by atoms with Crippen LogP contribution in [0.25, 0.3) is 20.8 Å². The van der Waals surface area contributed by atoms with E-state index in [-0.39, 0.29) is 4.90 Å². The Morgan fingerprint density at radius 3 is 2.46 bits per heavy atom. The molecule has 7 heteroatoms. The Labute approximate surface area is 163 Å². The van der Waals surface area contributed by atoms with E-state index in [1.165, 1.54) is 0 Å². The van der Waals surface area contributed by atoms with Crippen LogP contribution >= 0.6 is 27.3 Å². The molecule has 0 radical (unpaired) electrons. The van der Waals surface area contributed by atoms with Gasteiger partial charge < -0.3 is 0 Å². The van der Waals surface area contributed by atoms with Gasteiger partial charge in [0.15, 0.2) is 0 Å². The van der Waals surface area contributed by atoms with Crippen molar-refractivity contribution in [3.05, 3.63) is 77.3 Å². The largest absolute Gasteiger partial charge is 0.280 e. The Morgan fingerprint density at radius 1 is 0.923 bits per heavy atom. The number of halogens is 1. The summed E-state index contributed by atoms with van der Waals surface area (Å²) in [4.78, 5) is 4.84. The molecule has 3 aromatic carbocycles. The second kappa shape index (κ2) is 6.83. The van der Waals surface area contributed by atoms with Crippen LogP contribution in [0.5, 0.6) is 0 Å². The van der Waals surface area contributed by atoms with Gasteiger partial charge in [-0.2, -0.15) is 0 Å². The molecule has 0 unspecified atom stereocenters. The number of hydrogen-bond donors (Lipinski definition) is 1. The molecule has 1 aromatic heterocycles. The van der Waals surface area contributed by atoms with E-state index in [4.69, 9.17) is 0 Å². The van der Waals surface area contributed by atoms with Gasteiger partial charge >= 0.3 is 0 Å². The van der Waals surface area contributed by atoms with E-state index >= 15 is 0 Å². The molecule has 0 saturated carbocycles. The average molecular weight is 445 g/mol. The first-order chi connectivity index (χ1) is 12.5. The summed E-state index contributed by atoms with van der Waals surface area (Å²) in [5.74, 6) is 0. The van der Waals surface area contributed by atoms with E-state index in [1.807, 2.05) is 36.4 Å². The zero-order valence-corrected chi connectivity index (χ0v) is 16.6. The highest BCUT2D eigenvalue weighted by atomic mass is 79.9. The zero-order valence-electron chi connectivity index (χ0n) is 13.4. The maximum Gasteiger partial charge on any atom is 0.261 e. The van der Waals surface area contributed by atoms with Crippen LogP contribution in [-0.2, 0) is 10.0 Å². The van der Waals surface area contributed by atoms with E-state index in [9.17, 15) is 8.42 Å². The molecular formula is C19H13BrN2O2S2. The molecular weight excluding hydrogens is 432 g/mol. The Kier molecular flexibility index (Phi) is 4.52. The van der Waals surface area contributed by atoms with Crippen molar-refractivity contribution in [1.82, 2.24) is 4.98 Å². The maximum atomic E-state index is 12.6. The zero-order chi connectivity index (χ0) is 18.1. The average Bonchev–Trinajstić information content (AvgIpc) is 3.06. The van der Waals surface area contributed by atoms with Crippen LogP contribution in [-0.4, -0.2) is 13.4 Å². The number of hydrogen-bond acceptors (Lipinski definition) is 4. The van der Waals surface area contributed by atoms with Gasteiger partial charge in [-0.3, -0.25) is 4.72 Å². The molecule has 0 saturated heterocycles. The van der Waals surface area contributed by atoms with Gasteiger partial charge in [0.05, 0.1) is 15.1 Å². The number of nitrogens with one attached hydrogen (secondary N) is 1. The second-order valence-electron chi connectivity index (χ2n) is 5.63. The summed E-state index contributed by atoms with van der Waals surface area (Å²) in [6, 6.07) is 21.7. The summed E-state index contributed by atoms with van der Waals surface area (Å²) in [6.45, 7) is 0. The number of nitrogens with zero attached hydrogens (tertiary/aromatic N) is 1. The monoisotopic (exact) mass is 444 g/mol. The van der Waals surface area contributed by atoms with Crippen LogP contribution in [0.2, 0.25) is 0 Å². The van der Waals surface area contributed by atoms with Crippen molar-refractivity contribution in [2.24, 2.45) is 0 Å². The van der Waals surface area contributed by atoms with Crippen LogP contribution in [0.3, 0.4) is 0 Å². The molecule has 0 fully saturated rings. The second-order valence-corrected chi connectivity index (χ2v) is 9.26. The van der Waals surface area contributed by atoms with Gasteiger partial charge in [0.2, 0.25) is 0 Å². The molecule has 1 N–H and O–H groups in total. The van der Waals surface area contributed by atoms with Gasteiger partial charge in [0, 0.05) is 15.7 Å². The lowest BCUT2D eigenvalue weighted by Crippen LogP contribution is -2.12. The first-order valence-corrected chi connectivity index (χ1v) is 10.8. The molecule has 1 heterocycles. The molecule has 0 bridgehead atoms. The summed E-state index contributed by atoms with van der Waals surface area (Å²) in [7, 11) is -3.64. The topological polar surface area (TPSA) is 59.1 Å². The van der Waals surface area contributed by atoms with Crippen LogP contribution in [0.15, 0.2) is 82.2 Å². The van der Waals surface area contributed by atoms with E-state index < -0.39 is 10.0 Å². The van der Waals surface area contributed by atoms with Gasteiger partial charge in [-0.15, -0.1) is 11.3 Å². The predicted octanol–water partition coefficient (Wildman–Crippen LogP) is 5.53. The van der Waals surface area contributed by atoms with Gasteiger partial charge in [-0.1, -0.05) is 40.2 Å². The molecule has 0 aliphatic heterocycles. The van der Waals surface area contributed by atoms with Gasteiger partial charge in [-0.25, -0.2) is 13.4 Å². The van der Waals surface area contributed by atoms with E-state index in [0.29, 0.717) is 5.69 Å². The number of benzene rings is 3. The Balaban J connectivity index is 1.66. The Bertz CT molecular complexity index is 1150. The van der Waals surface area contributed by atoms with Gasteiger partial charge in [-0.05, 0) is 48.5 Å². The minimum absolute atomic E-state index is 0.214. The van der Waals surface area contributed by atoms with Crippen molar-refractivity contribution in [3.63, 3.8) is 0 Å². The third-order valence-corrected chi connectivity index (χ3v) is 6.79. The van der Waals surface area contributed by atoms with Crippen LogP contribution in [0.4, 0.5) is 5.69 Å². The fraction of sp³-hybridized carbons (Fsp3) is 0. The molecule has 0 aliphatic rings. The minimum Gasteiger partial charge on any atom is -0.280 e. The SMILES string of the molecule is O=S(=O)(Nc1cccc(-c2nc3ccccc3s2)c1)c1ccc(Br)cc1. The number of para-hydroxylation sites is 1. The highest BCUT2D eigenvalue weighted by Crippen LogP contribution is 2.31. The Morgan fingerprint density at radius 2 is 1.69 bits per heavy atom. The van der Waals surface area contributed by atoms with E-state index in [1.54, 1.807) is 47.7 Å². The molecule has 26 heavy (non-hydrogen) atoms. The fourth-order valence-electron chi connectivity index (χ4n) is 2.54. The van der Waals surface area contributed by atoms with E-state index in [2.05, 4.69) is 25.6 Å². The summed E-state index contributed by atoms with van der Waals surface area (Å²) >= 11 is 4.89. The molecule has 0 amide bonds. The lowest BCUT2D eigenvalue weighted by atomic mass is 10.2. The highest BCUT2D eigenvalue weighted by Gasteiger charge is 2.15. The summed E-state index contributed by atoms with van der Waals surface area (Å²) in [6.07, 6.45) is 0. The lowest BCUT2D eigenvalue weighted by Gasteiger charge is -2.09. The first-order valence-electron chi connectivity index (χ1n) is 7.76. The fourth-order valence-corrected chi connectivity index (χ4v) is 4.82. The number of anilines is 1. The molecule has 4 nitrogen and oxygen atoms in total. The van der Waals surface area contributed by atoms with E-state index in [0.717, 1.165) is 25.3 Å². The first kappa shape index (κ1) is 17.2. The normalized spacial score (nSPS) is 11.6. The summed E-state index contributed by atoms with van der Waals surface area (Å²) < 4.78 is 29.7. The van der Waals surface area contributed by atoms with Gasteiger partial charge in [0.25, 0.3) is 10.0 Å². The molecule has 0 atom stereocenters. The lowest BCUT2D eigenvalue weighted by molar-refractivity contribution is 0.601. The highest BCUT2D eigenvalue weighted by molar-refractivity contribution is 9.10. The number of rotatable bonds is 4. The van der Waals surface area contributed by atoms with Crippen molar-refractivity contribution in [2.45, 2.75) is 4.90 Å². The quantitative estimate of drug-likeness (QED) is 0.450. The third-order valence-electron chi connectivity index (χ3n) is 3.78. The Hall–Kier alpha value is -2.22. The van der Waals surface area contributed by atoms with Crippen LogP contribution in [0, 0.1) is 0 Å². The third kappa shape index (κ3) is 3.51. The number of thiazole rings is 1. The van der Waals surface area contributed by atoms with Crippen molar-refractivity contribution in [1.29, 1.82) is 0 Å². The van der Waals surface area contributed by atoms with Gasteiger partial charge in [0.1, 0.15) is 5.01 Å². The van der Waals surface area contributed by atoms with Crippen molar-refractivity contribution < 1.29 is 8.42 Å². The van der Waals surface area contributed by atoms with Crippen LogP contribution in [0.1, 0.15) is 0 Å². The minimum atomic E-state index is -3.64. The molecule has 4 aromatic rings. The molecule has 4 rings (SSSR count). The van der Waals surface area contributed by atoms with Crippen molar-refractivity contribution in [3.8, 4) is 10.6 Å². The number of fused-ring (bicyclic) bond motifs is 1. The summed E-state index contributed by atoms with van der Waals surface area (Å²) in [5.41, 5.74) is 2.32. The number of sulfonamides is 1. The van der Waals surface area contributed by atoms with Crippen molar-refractivity contribution >= 4 is 53.2 Å². The smallest absolute Gasteiger partial charge is 0.261 e. The molecule has 0 spiro atoms.